The molecule has 0 spiro atoms. The molecule has 1 rings (SSSR count). The Morgan fingerprint density at radius 3 is 2.55 bits per heavy atom. The number of hydrogen-bond donors (Lipinski definition) is 2. The molecule has 1 unspecified atom stereocenters. The van der Waals surface area contributed by atoms with Gasteiger partial charge in [-0.05, 0) is 24.7 Å². The fourth-order valence-corrected chi connectivity index (χ4v) is 2.01. The molecule has 0 radical (unpaired) electrons. The molecule has 0 heterocycles. The van der Waals surface area contributed by atoms with Gasteiger partial charge in [-0.3, -0.25) is 0 Å². The molecule has 3 N–H and O–H groups in total. The number of ether oxygens (including phenoxy) is 2. The maximum Gasteiger partial charge on any atom is 0.161 e. The summed E-state index contributed by atoms with van der Waals surface area (Å²) in [7, 11) is 5.21. The number of hydrogen-bond acceptors (Lipinski definition) is 5. The zero-order valence-corrected chi connectivity index (χ0v) is 12.5. The highest BCUT2D eigenvalue weighted by atomic mass is 16.5. The predicted molar refractivity (Wildman–Crippen MR) is 78.5 cm³/mol. The second-order valence-electron chi connectivity index (χ2n) is 4.81. The molecule has 0 aromatic heterocycles. The summed E-state index contributed by atoms with van der Waals surface area (Å²) in [6.45, 7) is 3.35. The van der Waals surface area contributed by atoms with Crippen LogP contribution in [-0.2, 0) is 6.54 Å². The summed E-state index contributed by atoms with van der Waals surface area (Å²) in [4.78, 5) is 2.10. The van der Waals surface area contributed by atoms with E-state index in [1.807, 2.05) is 32.2 Å². The lowest BCUT2D eigenvalue weighted by atomic mass is 10.1. The van der Waals surface area contributed by atoms with Crippen LogP contribution >= 0.6 is 0 Å². The number of amidine groups is 1. The van der Waals surface area contributed by atoms with Gasteiger partial charge in [-0.2, -0.15) is 0 Å². The van der Waals surface area contributed by atoms with Crippen LogP contribution in [0.1, 0.15) is 12.5 Å². The van der Waals surface area contributed by atoms with Crippen molar-refractivity contribution in [1.82, 2.24) is 4.90 Å². The zero-order valence-electron chi connectivity index (χ0n) is 12.5. The Morgan fingerprint density at radius 1 is 1.35 bits per heavy atom. The van der Waals surface area contributed by atoms with Gasteiger partial charge in [0.2, 0.25) is 0 Å². The van der Waals surface area contributed by atoms with Gasteiger partial charge in [-0.25, -0.2) is 0 Å². The summed E-state index contributed by atoms with van der Waals surface area (Å²) in [5.41, 5.74) is 6.69. The first-order valence-corrected chi connectivity index (χ1v) is 6.38. The molecule has 0 amide bonds. The van der Waals surface area contributed by atoms with E-state index in [2.05, 4.69) is 10.1 Å². The minimum atomic E-state index is -0.00913. The maximum absolute atomic E-state index is 8.65. The second-order valence-corrected chi connectivity index (χ2v) is 4.81. The fourth-order valence-electron chi connectivity index (χ4n) is 2.01. The van der Waals surface area contributed by atoms with E-state index in [4.69, 9.17) is 20.4 Å². The third kappa shape index (κ3) is 4.31. The van der Waals surface area contributed by atoms with Gasteiger partial charge in [0, 0.05) is 19.0 Å². The molecular formula is C14H23N3O3. The zero-order chi connectivity index (χ0) is 15.1. The van der Waals surface area contributed by atoms with Crippen molar-refractivity contribution in [2.45, 2.75) is 13.5 Å². The van der Waals surface area contributed by atoms with E-state index in [1.165, 1.54) is 0 Å². The van der Waals surface area contributed by atoms with Crippen LogP contribution in [0.25, 0.3) is 0 Å². The molecule has 112 valence electrons. The Morgan fingerprint density at radius 2 is 2.00 bits per heavy atom. The summed E-state index contributed by atoms with van der Waals surface area (Å²) >= 11 is 0. The van der Waals surface area contributed by atoms with Gasteiger partial charge in [-0.1, -0.05) is 18.1 Å². The third-order valence-electron chi connectivity index (χ3n) is 3.11. The fraction of sp³-hybridized carbons (Fsp3) is 0.500. The monoisotopic (exact) mass is 281 g/mol. The Labute approximate surface area is 119 Å². The molecule has 0 bridgehead atoms. The van der Waals surface area contributed by atoms with E-state index in [1.54, 1.807) is 14.2 Å². The Balaban J connectivity index is 2.68. The van der Waals surface area contributed by atoms with Gasteiger partial charge in [-0.15, -0.1) is 0 Å². The molecule has 0 saturated heterocycles. The summed E-state index contributed by atoms with van der Waals surface area (Å²) in [6, 6.07) is 5.82. The molecular weight excluding hydrogens is 258 g/mol. The van der Waals surface area contributed by atoms with Crippen molar-refractivity contribution in [2.24, 2.45) is 16.8 Å². The highest BCUT2D eigenvalue weighted by Gasteiger charge is 2.12. The highest BCUT2D eigenvalue weighted by Crippen LogP contribution is 2.27. The second kappa shape index (κ2) is 7.59. The van der Waals surface area contributed by atoms with Gasteiger partial charge in [0.25, 0.3) is 0 Å². The molecule has 6 heteroatoms. The molecule has 0 aliphatic carbocycles. The molecule has 1 aromatic carbocycles. The van der Waals surface area contributed by atoms with Gasteiger partial charge in [0.1, 0.15) is 5.84 Å². The summed E-state index contributed by atoms with van der Waals surface area (Å²) in [5.74, 6) is 1.65. The number of oxime groups is 1. The largest absolute Gasteiger partial charge is 0.493 e. The van der Waals surface area contributed by atoms with Gasteiger partial charge in [0.15, 0.2) is 11.5 Å². The molecule has 6 nitrogen and oxygen atoms in total. The predicted octanol–water partition coefficient (Wildman–Crippen LogP) is 1.52. The lowest BCUT2D eigenvalue weighted by molar-refractivity contribution is 0.290. The van der Waals surface area contributed by atoms with Crippen molar-refractivity contribution in [3.63, 3.8) is 0 Å². The van der Waals surface area contributed by atoms with Crippen LogP contribution < -0.4 is 15.2 Å². The Hall–Kier alpha value is -1.95. The van der Waals surface area contributed by atoms with E-state index in [0.717, 1.165) is 12.1 Å². The standard InChI is InChI=1S/C14H23N3O3/c1-10(14(15)16-18)8-17(2)9-11-5-6-12(19-3)13(7-11)20-4/h5-7,10,18H,8-9H2,1-4H3,(H2,15,16). The molecule has 0 aliphatic rings. The summed E-state index contributed by atoms with van der Waals surface area (Å²) in [5, 5.41) is 11.7. The van der Waals surface area contributed by atoms with E-state index >= 15 is 0 Å². The number of nitrogens with zero attached hydrogens (tertiary/aromatic N) is 2. The number of benzene rings is 1. The number of nitrogens with two attached hydrogens (primary N) is 1. The first-order valence-electron chi connectivity index (χ1n) is 6.38. The average molecular weight is 281 g/mol. The minimum absolute atomic E-state index is 0.00913. The minimum Gasteiger partial charge on any atom is -0.493 e. The number of methoxy groups -OCH3 is 2. The molecule has 0 aliphatic heterocycles. The van der Waals surface area contributed by atoms with E-state index in [9.17, 15) is 0 Å². The van der Waals surface area contributed by atoms with Crippen molar-refractivity contribution < 1.29 is 14.7 Å². The van der Waals surface area contributed by atoms with Crippen LogP contribution in [-0.4, -0.2) is 43.8 Å². The van der Waals surface area contributed by atoms with Gasteiger partial charge in [0.05, 0.1) is 14.2 Å². The van der Waals surface area contributed by atoms with Crippen molar-refractivity contribution in [1.29, 1.82) is 0 Å². The SMILES string of the molecule is COc1ccc(CN(C)CC(C)C(N)=NO)cc1OC. The summed E-state index contributed by atoms with van der Waals surface area (Å²) in [6.07, 6.45) is 0. The Bertz CT molecular complexity index is 463. The first kappa shape index (κ1) is 16.1. The third-order valence-corrected chi connectivity index (χ3v) is 3.11. The van der Waals surface area contributed by atoms with E-state index < -0.39 is 0 Å². The maximum atomic E-state index is 8.65. The molecule has 20 heavy (non-hydrogen) atoms. The Kier molecular flexibility index (Phi) is 6.11. The van der Waals surface area contributed by atoms with Gasteiger partial charge >= 0.3 is 0 Å². The lowest BCUT2D eigenvalue weighted by Gasteiger charge is -2.21. The molecule has 1 atom stereocenters. The first-order chi connectivity index (χ1) is 9.51. The normalized spacial score (nSPS) is 13.3. The lowest BCUT2D eigenvalue weighted by Crippen LogP contribution is -2.32. The van der Waals surface area contributed by atoms with Crippen molar-refractivity contribution in [2.75, 3.05) is 27.8 Å². The van der Waals surface area contributed by atoms with Crippen molar-refractivity contribution >= 4 is 5.84 Å². The molecule has 1 aromatic rings. The quantitative estimate of drug-likeness (QED) is 0.343. The van der Waals surface area contributed by atoms with Crippen LogP contribution in [0.2, 0.25) is 0 Å². The highest BCUT2D eigenvalue weighted by molar-refractivity contribution is 5.82. The smallest absolute Gasteiger partial charge is 0.161 e. The van der Waals surface area contributed by atoms with E-state index in [0.29, 0.717) is 18.0 Å². The van der Waals surface area contributed by atoms with Crippen molar-refractivity contribution in [3.05, 3.63) is 23.8 Å². The molecule has 0 fully saturated rings. The average Bonchev–Trinajstić information content (AvgIpc) is 2.45. The van der Waals surface area contributed by atoms with Crippen LogP contribution in [0, 0.1) is 5.92 Å². The van der Waals surface area contributed by atoms with Crippen LogP contribution in [0.15, 0.2) is 23.4 Å². The van der Waals surface area contributed by atoms with Crippen molar-refractivity contribution in [3.8, 4) is 11.5 Å². The van der Waals surface area contributed by atoms with E-state index in [-0.39, 0.29) is 11.8 Å². The molecule has 0 saturated carbocycles. The van der Waals surface area contributed by atoms with Crippen LogP contribution in [0.4, 0.5) is 0 Å². The van der Waals surface area contributed by atoms with Gasteiger partial charge < -0.3 is 25.3 Å². The number of rotatable bonds is 7. The van der Waals surface area contributed by atoms with Crippen LogP contribution in [0.3, 0.4) is 0 Å². The summed E-state index contributed by atoms with van der Waals surface area (Å²) < 4.78 is 10.5. The van der Waals surface area contributed by atoms with Crippen LogP contribution in [0.5, 0.6) is 11.5 Å². The topological polar surface area (TPSA) is 80.3 Å².